The standard InChI is InChI=1S/C25H30ClN3O2S/c1-16(2)8-21-15-28(14-19-10-17(3)9-18(11-19)12-24(30)31)6-7-29(21)25-27-22-5-4-20(26)13-23(22)32-25/h4-5,9-11,13,16,21H,6-8,12,14-15H2,1-3H3,(H,30,31)/t21-/m0/s1. The zero-order valence-corrected chi connectivity index (χ0v) is 20.4. The van der Waals surface area contributed by atoms with E-state index in [0.29, 0.717) is 12.0 Å². The molecule has 1 atom stereocenters. The molecule has 2 aromatic carbocycles. The molecule has 4 rings (SSSR count). The Balaban J connectivity index is 1.52. The fourth-order valence-corrected chi connectivity index (χ4v) is 5.98. The number of carboxylic acid groups (broad SMARTS) is 1. The highest BCUT2D eigenvalue weighted by atomic mass is 35.5. The minimum Gasteiger partial charge on any atom is -0.481 e. The van der Waals surface area contributed by atoms with Gasteiger partial charge >= 0.3 is 5.97 Å². The predicted molar refractivity (Wildman–Crippen MR) is 133 cm³/mol. The summed E-state index contributed by atoms with van der Waals surface area (Å²) in [4.78, 5) is 21.0. The molecule has 2 heterocycles. The number of fused-ring (bicyclic) bond motifs is 1. The Morgan fingerprint density at radius 3 is 2.75 bits per heavy atom. The van der Waals surface area contributed by atoms with Gasteiger partial charge in [-0.25, -0.2) is 4.98 Å². The van der Waals surface area contributed by atoms with Crippen molar-refractivity contribution in [2.75, 3.05) is 24.5 Å². The van der Waals surface area contributed by atoms with Gasteiger partial charge in [0.2, 0.25) is 0 Å². The summed E-state index contributed by atoms with van der Waals surface area (Å²) in [5, 5.41) is 11.0. The maximum Gasteiger partial charge on any atom is 0.307 e. The van der Waals surface area contributed by atoms with E-state index in [1.165, 1.54) is 5.56 Å². The third-order valence-corrected chi connectivity index (χ3v) is 7.14. The molecule has 1 saturated heterocycles. The van der Waals surface area contributed by atoms with Crippen LogP contribution in [-0.4, -0.2) is 46.6 Å². The van der Waals surface area contributed by atoms with Crippen molar-refractivity contribution in [1.82, 2.24) is 9.88 Å². The average Bonchev–Trinajstić information content (AvgIpc) is 3.09. The molecule has 7 heteroatoms. The van der Waals surface area contributed by atoms with Crippen molar-refractivity contribution in [1.29, 1.82) is 0 Å². The van der Waals surface area contributed by atoms with Crippen molar-refractivity contribution < 1.29 is 9.90 Å². The number of hydrogen-bond acceptors (Lipinski definition) is 5. The van der Waals surface area contributed by atoms with Gasteiger partial charge in [-0.2, -0.15) is 0 Å². The molecule has 0 aliphatic carbocycles. The van der Waals surface area contributed by atoms with Gasteiger partial charge < -0.3 is 10.0 Å². The summed E-state index contributed by atoms with van der Waals surface area (Å²) in [6.45, 7) is 10.3. The Bertz CT molecular complexity index is 1110. The Labute approximate surface area is 198 Å². The molecule has 1 aromatic heterocycles. The van der Waals surface area contributed by atoms with Crippen LogP contribution in [0.2, 0.25) is 5.02 Å². The molecule has 0 unspecified atom stereocenters. The molecular weight excluding hydrogens is 442 g/mol. The first-order valence-corrected chi connectivity index (χ1v) is 12.3. The molecule has 0 spiro atoms. The summed E-state index contributed by atoms with van der Waals surface area (Å²) in [5.41, 5.74) is 4.18. The number of carboxylic acids is 1. The molecule has 3 aromatic rings. The lowest BCUT2D eigenvalue weighted by atomic mass is 9.99. The summed E-state index contributed by atoms with van der Waals surface area (Å²) < 4.78 is 1.13. The lowest BCUT2D eigenvalue weighted by Crippen LogP contribution is -2.53. The molecular formula is C25H30ClN3O2S. The number of benzene rings is 2. The van der Waals surface area contributed by atoms with Crippen LogP contribution in [-0.2, 0) is 17.8 Å². The number of halogens is 1. The third-order valence-electron chi connectivity index (χ3n) is 5.85. The normalized spacial score (nSPS) is 17.4. The molecule has 1 N–H and O–H groups in total. The van der Waals surface area contributed by atoms with Crippen molar-refractivity contribution in [3.63, 3.8) is 0 Å². The molecule has 5 nitrogen and oxygen atoms in total. The second-order valence-electron chi connectivity index (χ2n) is 9.22. The van der Waals surface area contributed by atoms with E-state index in [1.54, 1.807) is 11.3 Å². The fraction of sp³-hybridized carbons (Fsp3) is 0.440. The largest absolute Gasteiger partial charge is 0.481 e. The van der Waals surface area contributed by atoms with E-state index in [0.717, 1.165) is 64.1 Å². The molecule has 170 valence electrons. The van der Waals surface area contributed by atoms with E-state index in [-0.39, 0.29) is 6.42 Å². The van der Waals surface area contributed by atoms with E-state index < -0.39 is 5.97 Å². The third kappa shape index (κ3) is 5.61. The van der Waals surface area contributed by atoms with E-state index in [9.17, 15) is 4.79 Å². The molecule has 0 bridgehead atoms. The highest BCUT2D eigenvalue weighted by Crippen LogP contribution is 2.34. The molecule has 0 saturated carbocycles. The van der Waals surface area contributed by atoms with Crippen molar-refractivity contribution in [3.8, 4) is 0 Å². The zero-order chi connectivity index (χ0) is 22.8. The van der Waals surface area contributed by atoms with E-state index in [1.807, 2.05) is 37.3 Å². The minimum absolute atomic E-state index is 0.0695. The predicted octanol–water partition coefficient (Wildman–Crippen LogP) is 5.62. The zero-order valence-electron chi connectivity index (χ0n) is 18.8. The van der Waals surface area contributed by atoms with Crippen LogP contribution >= 0.6 is 22.9 Å². The van der Waals surface area contributed by atoms with Crippen molar-refractivity contribution in [2.24, 2.45) is 5.92 Å². The number of aryl methyl sites for hydroxylation is 1. The molecule has 1 aliphatic heterocycles. The number of nitrogens with zero attached hydrogens (tertiary/aromatic N) is 3. The Hall–Kier alpha value is -2.15. The maximum atomic E-state index is 11.2. The van der Waals surface area contributed by atoms with Gasteiger partial charge in [0, 0.05) is 37.2 Å². The van der Waals surface area contributed by atoms with Crippen LogP contribution in [0.15, 0.2) is 36.4 Å². The Kier molecular flexibility index (Phi) is 7.03. The number of carbonyl (C=O) groups is 1. The van der Waals surface area contributed by atoms with E-state index in [4.69, 9.17) is 21.7 Å². The van der Waals surface area contributed by atoms with E-state index >= 15 is 0 Å². The van der Waals surface area contributed by atoms with Crippen LogP contribution in [0.5, 0.6) is 0 Å². The van der Waals surface area contributed by atoms with Crippen molar-refractivity contribution >= 4 is 44.3 Å². The molecule has 0 radical (unpaired) electrons. The molecule has 1 aliphatic rings. The number of thiazole rings is 1. The highest BCUT2D eigenvalue weighted by Gasteiger charge is 2.29. The van der Waals surface area contributed by atoms with Gasteiger partial charge in [0.05, 0.1) is 16.6 Å². The first-order chi connectivity index (χ1) is 15.3. The van der Waals surface area contributed by atoms with Crippen LogP contribution in [0.3, 0.4) is 0 Å². The Morgan fingerprint density at radius 1 is 1.22 bits per heavy atom. The summed E-state index contributed by atoms with van der Waals surface area (Å²) >= 11 is 7.90. The Morgan fingerprint density at radius 2 is 2.00 bits per heavy atom. The van der Waals surface area contributed by atoms with Crippen LogP contribution in [0.1, 0.15) is 37.0 Å². The van der Waals surface area contributed by atoms with Crippen LogP contribution in [0, 0.1) is 12.8 Å². The number of aliphatic carboxylic acids is 1. The van der Waals surface area contributed by atoms with Gasteiger partial charge in [-0.05, 0) is 48.6 Å². The average molecular weight is 472 g/mol. The summed E-state index contributed by atoms with van der Waals surface area (Å²) in [7, 11) is 0. The van der Waals surface area contributed by atoms with Crippen LogP contribution in [0.4, 0.5) is 5.13 Å². The lowest BCUT2D eigenvalue weighted by molar-refractivity contribution is -0.136. The second-order valence-corrected chi connectivity index (χ2v) is 10.7. The van der Waals surface area contributed by atoms with Crippen LogP contribution < -0.4 is 4.90 Å². The highest BCUT2D eigenvalue weighted by molar-refractivity contribution is 7.22. The van der Waals surface area contributed by atoms with Crippen molar-refractivity contribution in [3.05, 3.63) is 58.1 Å². The minimum atomic E-state index is -0.788. The number of rotatable bonds is 7. The van der Waals surface area contributed by atoms with Gasteiger partial charge in [0.1, 0.15) is 0 Å². The monoisotopic (exact) mass is 471 g/mol. The number of hydrogen-bond donors (Lipinski definition) is 1. The first-order valence-electron chi connectivity index (χ1n) is 11.1. The maximum absolute atomic E-state index is 11.2. The van der Waals surface area contributed by atoms with Gasteiger partial charge in [-0.3, -0.25) is 9.69 Å². The fourth-order valence-electron chi connectivity index (χ4n) is 4.64. The van der Waals surface area contributed by atoms with Crippen LogP contribution in [0.25, 0.3) is 10.2 Å². The SMILES string of the molecule is Cc1cc(CC(=O)O)cc(CN2CCN(c3nc4ccc(Cl)cc4s3)[C@@H](CC(C)C)C2)c1. The second kappa shape index (κ2) is 9.77. The van der Waals surface area contributed by atoms with Gasteiger partial charge in [0.15, 0.2) is 5.13 Å². The van der Waals surface area contributed by atoms with Gasteiger partial charge in [-0.1, -0.05) is 60.5 Å². The summed E-state index contributed by atoms with van der Waals surface area (Å²) in [6, 6.07) is 12.5. The molecule has 0 amide bonds. The lowest BCUT2D eigenvalue weighted by Gasteiger charge is -2.42. The molecule has 32 heavy (non-hydrogen) atoms. The number of piperazine rings is 1. The smallest absolute Gasteiger partial charge is 0.307 e. The van der Waals surface area contributed by atoms with E-state index in [2.05, 4.69) is 29.7 Å². The summed E-state index contributed by atoms with van der Waals surface area (Å²) in [6.07, 6.45) is 1.17. The number of anilines is 1. The first kappa shape index (κ1) is 23.0. The van der Waals surface area contributed by atoms with Gasteiger partial charge in [-0.15, -0.1) is 0 Å². The summed E-state index contributed by atoms with van der Waals surface area (Å²) in [5.74, 6) is -0.198. The van der Waals surface area contributed by atoms with Crippen molar-refractivity contribution in [2.45, 2.75) is 46.2 Å². The van der Waals surface area contributed by atoms with Gasteiger partial charge in [0.25, 0.3) is 0 Å². The topological polar surface area (TPSA) is 56.7 Å². The number of aromatic nitrogens is 1. The quantitative estimate of drug-likeness (QED) is 0.484. The molecule has 1 fully saturated rings.